The van der Waals surface area contributed by atoms with Gasteiger partial charge in [-0.1, -0.05) is 143 Å². The smallest absolute Gasteiger partial charge is 0.387 e. The predicted molar refractivity (Wildman–Crippen MR) is 180 cm³/mol. The standard InChI is InChI=1S/C34H69N2O6P/c1-30(2)23-19-15-11-7-5-9-13-17-21-25-33(37)32(29-42-43(39,40)41-28-27-35)36-34(38)26-22-18-14-10-6-8-12-16-20-24-31(3)4/h21,25,30-33,37H,5-20,22-24,26-29,35H2,1-4H3,(H,36,38)(H,39,40)/b25-21+/t32-,33+/m0/s1. The summed E-state index contributed by atoms with van der Waals surface area (Å²) in [7, 11) is -4.32. The molecule has 0 radical (unpaired) electrons. The second kappa shape index (κ2) is 28.7. The number of aliphatic hydroxyl groups is 1. The molecular weight excluding hydrogens is 563 g/mol. The van der Waals surface area contributed by atoms with E-state index in [2.05, 4.69) is 33.0 Å². The van der Waals surface area contributed by atoms with Gasteiger partial charge in [-0.05, 0) is 31.1 Å². The number of allylic oxidation sites excluding steroid dienone is 1. The van der Waals surface area contributed by atoms with Crippen molar-refractivity contribution in [3.63, 3.8) is 0 Å². The van der Waals surface area contributed by atoms with Crippen molar-refractivity contribution in [1.82, 2.24) is 5.32 Å². The fourth-order valence-corrected chi connectivity index (χ4v) is 5.79. The number of rotatable bonds is 31. The van der Waals surface area contributed by atoms with E-state index in [1.54, 1.807) is 6.08 Å². The maximum Gasteiger partial charge on any atom is 0.472 e. The molecule has 0 aromatic rings. The zero-order valence-corrected chi connectivity index (χ0v) is 29.2. The summed E-state index contributed by atoms with van der Waals surface area (Å²) in [4.78, 5) is 22.5. The number of amides is 1. The fourth-order valence-electron chi connectivity index (χ4n) is 5.03. The molecule has 43 heavy (non-hydrogen) atoms. The van der Waals surface area contributed by atoms with Crippen LogP contribution in [-0.4, -0.2) is 47.8 Å². The van der Waals surface area contributed by atoms with Crippen LogP contribution in [0.25, 0.3) is 0 Å². The monoisotopic (exact) mass is 632 g/mol. The summed E-state index contributed by atoms with van der Waals surface area (Å²) >= 11 is 0. The van der Waals surface area contributed by atoms with Gasteiger partial charge in [0.1, 0.15) is 0 Å². The van der Waals surface area contributed by atoms with Gasteiger partial charge in [-0.3, -0.25) is 13.8 Å². The number of hydrogen-bond acceptors (Lipinski definition) is 6. The first-order valence-electron chi connectivity index (χ1n) is 17.5. The molecule has 0 heterocycles. The molecule has 5 N–H and O–H groups in total. The van der Waals surface area contributed by atoms with Crippen molar-refractivity contribution in [3.8, 4) is 0 Å². The second-order valence-corrected chi connectivity index (χ2v) is 14.5. The van der Waals surface area contributed by atoms with Crippen LogP contribution in [0.1, 0.15) is 156 Å². The number of hydrogen-bond donors (Lipinski definition) is 4. The lowest BCUT2D eigenvalue weighted by Gasteiger charge is -2.23. The molecule has 1 unspecified atom stereocenters. The minimum atomic E-state index is -4.32. The van der Waals surface area contributed by atoms with Crippen LogP contribution >= 0.6 is 7.82 Å². The maximum atomic E-state index is 12.6. The number of nitrogens with two attached hydrogens (primary N) is 1. The predicted octanol–water partition coefficient (Wildman–Crippen LogP) is 8.59. The molecule has 1 amide bonds. The summed E-state index contributed by atoms with van der Waals surface area (Å²) in [6, 6.07) is -0.854. The molecule has 0 aromatic carbocycles. The van der Waals surface area contributed by atoms with Crippen LogP contribution in [0.3, 0.4) is 0 Å². The molecule has 0 aliphatic heterocycles. The summed E-state index contributed by atoms with van der Waals surface area (Å²) in [5.41, 5.74) is 5.34. The van der Waals surface area contributed by atoms with Crippen molar-refractivity contribution in [2.45, 2.75) is 168 Å². The molecule has 9 heteroatoms. The summed E-state index contributed by atoms with van der Waals surface area (Å²) in [6.07, 6.45) is 25.5. The average molecular weight is 633 g/mol. The highest BCUT2D eigenvalue weighted by molar-refractivity contribution is 7.47. The highest BCUT2D eigenvalue weighted by atomic mass is 31.2. The summed E-state index contributed by atoms with van der Waals surface area (Å²) in [5, 5.41) is 13.6. The Hall–Kier alpha value is -0.760. The van der Waals surface area contributed by atoms with Crippen molar-refractivity contribution < 1.29 is 28.4 Å². The van der Waals surface area contributed by atoms with Gasteiger partial charge in [0.15, 0.2) is 0 Å². The van der Waals surface area contributed by atoms with Crippen LogP contribution in [-0.2, 0) is 18.4 Å². The molecule has 256 valence electrons. The first kappa shape index (κ1) is 42.2. The quantitative estimate of drug-likeness (QED) is 0.0342. The van der Waals surface area contributed by atoms with Gasteiger partial charge in [0.25, 0.3) is 0 Å². The number of carbonyl (C=O) groups is 1. The number of unbranched alkanes of at least 4 members (excludes halogenated alkanes) is 15. The number of aliphatic hydroxyl groups excluding tert-OH is 1. The largest absolute Gasteiger partial charge is 0.472 e. The Labute approximate surface area is 265 Å². The highest BCUT2D eigenvalue weighted by Gasteiger charge is 2.26. The lowest BCUT2D eigenvalue weighted by atomic mass is 10.0. The lowest BCUT2D eigenvalue weighted by Crippen LogP contribution is -2.45. The van der Waals surface area contributed by atoms with Gasteiger partial charge in [0, 0.05) is 13.0 Å². The molecule has 0 fully saturated rings. The Morgan fingerprint density at radius 3 is 1.72 bits per heavy atom. The third kappa shape index (κ3) is 29.7. The van der Waals surface area contributed by atoms with Gasteiger partial charge in [-0.25, -0.2) is 4.57 Å². The van der Waals surface area contributed by atoms with Crippen molar-refractivity contribution >= 4 is 13.7 Å². The number of phosphoric acid groups is 1. The van der Waals surface area contributed by atoms with Crippen LogP contribution in [0, 0.1) is 11.8 Å². The fraction of sp³-hybridized carbons (Fsp3) is 0.912. The van der Waals surface area contributed by atoms with E-state index in [0.717, 1.165) is 50.4 Å². The van der Waals surface area contributed by atoms with Gasteiger partial charge in [-0.15, -0.1) is 0 Å². The van der Waals surface area contributed by atoms with E-state index in [-0.39, 0.29) is 25.7 Å². The van der Waals surface area contributed by atoms with Crippen LogP contribution in [0.15, 0.2) is 12.2 Å². The van der Waals surface area contributed by atoms with E-state index in [9.17, 15) is 19.4 Å². The molecule has 0 saturated carbocycles. The third-order valence-electron chi connectivity index (χ3n) is 7.72. The van der Waals surface area contributed by atoms with Gasteiger partial charge < -0.3 is 21.1 Å². The summed E-state index contributed by atoms with van der Waals surface area (Å²) in [6.45, 7) is 8.72. The molecule has 0 bridgehead atoms. The first-order chi connectivity index (χ1) is 20.6. The van der Waals surface area contributed by atoms with E-state index >= 15 is 0 Å². The molecule has 0 saturated heterocycles. The van der Waals surface area contributed by atoms with E-state index in [1.165, 1.54) is 83.5 Å². The van der Waals surface area contributed by atoms with Crippen molar-refractivity contribution in [2.75, 3.05) is 19.8 Å². The Balaban J connectivity index is 4.39. The van der Waals surface area contributed by atoms with E-state index in [0.29, 0.717) is 6.42 Å². The second-order valence-electron chi connectivity index (χ2n) is 13.0. The lowest BCUT2D eigenvalue weighted by molar-refractivity contribution is -0.123. The first-order valence-corrected chi connectivity index (χ1v) is 19.0. The molecule has 3 atom stereocenters. The van der Waals surface area contributed by atoms with Crippen LogP contribution in [0.5, 0.6) is 0 Å². The highest BCUT2D eigenvalue weighted by Crippen LogP contribution is 2.43. The molecule has 0 aromatic heterocycles. The topological polar surface area (TPSA) is 131 Å². The minimum absolute atomic E-state index is 0.0792. The molecule has 0 spiro atoms. The average Bonchev–Trinajstić information content (AvgIpc) is 2.95. The number of phosphoric ester groups is 1. The minimum Gasteiger partial charge on any atom is -0.387 e. The molecule has 0 aliphatic carbocycles. The normalized spacial score (nSPS) is 14.9. The Kier molecular flexibility index (Phi) is 28.2. The zero-order chi connectivity index (χ0) is 32.2. The van der Waals surface area contributed by atoms with Gasteiger partial charge in [0.05, 0.1) is 25.4 Å². The van der Waals surface area contributed by atoms with Crippen molar-refractivity contribution in [1.29, 1.82) is 0 Å². The van der Waals surface area contributed by atoms with Crippen LogP contribution in [0.2, 0.25) is 0 Å². The molecular formula is C34H69N2O6P. The molecule has 8 nitrogen and oxygen atoms in total. The van der Waals surface area contributed by atoms with E-state index < -0.39 is 20.0 Å². The van der Waals surface area contributed by atoms with Gasteiger partial charge in [0.2, 0.25) is 5.91 Å². The van der Waals surface area contributed by atoms with Crippen LogP contribution < -0.4 is 11.1 Å². The molecule has 0 rings (SSSR count). The van der Waals surface area contributed by atoms with Crippen molar-refractivity contribution in [2.24, 2.45) is 17.6 Å². The number of nitrogens with one attached hydrogen (secondary N) is 1. The van der Waals surface area contributed by atoms with Gasteiger partial charge in [-0.2, -0.15) is 0 Å². The number of carbonyl (C=O) groups excluding carboxylic acids is 1. The molecule has 0 aliphatic rings. The third-order valence-corrected chi connectivity index (χ3v) is 8.70. The van der Waals surface area contributed by atoms with Gasteiger partial charge >= 0.3 is 7.82 Å². The summed E-state index contributed by atoms with van der Waals surface area (Å²) in [5.74, 6) is 1.39. The zero-order valence-electron chi connectivity index (χ0n) is 28.3. The Morgan fingerprint density at radius 1 is 0.767 bits per heavy atom. The maximum absolute atomic E-state index is 12.6. The van der Waals surface area contributed by atoms with Crippen LogP contribution in [0.4, 0.5) is 0 Å². The summed E-state index contributed by atoms with van der Waals surface area (Å²) < 4.78 is 22.0. The Morgan fingerprint density at radius 2 is 1.23 bits per heavy atom. The Bertz CT molecular complexity index is 719. The SMILES string of the molecule is CC(C)CCCCCCCCC/C=C/[C@@H](O)[C@H](COP(=O)(O)OCCN)NC(=O)CCCCCCCCCCCC(C)C. The van der Waals surface area contributed by atoms with E-state index in [1.807, 2.05) is 6.08 Å². The van der Waals surface area contributed by atoms with Crippen molar-refractivity contribution in [3.05, 3.63) is 12.2 Å². The van der Waals surface area contributed by atoms with E-state index in [4.69, 9.17) is 14.8 Å².